The van der Waals surface area contributed by atoms with Crippen molar-refractivity contribution in [2.45, 2.75) is 32.6 Å². The number of aromatic nitrogens is 1. The van der Waals surface area contributed by atoms with Crippen LogP contribution in [0.5, 0.6) is 0 Å². The average Bonchev–Trinajstić information content (AvgIpc) is 2.85. The van der Waals surface area contributed by atoms with Crippen molar-refractivity contribution in [3.8, 4) is 0 Å². The van der Waals surface area contributed by atoms with Crippen LogP contribution >= 0.6 is 0 Å². The van der Waals surface area contributed by atoms with Crippen molar-refractivity contribution in [2.24, 2.45) is 0 Å². The van der Waals surface area contributed by atoms with Crippen molar-refractivity contribution in [2.75, 3.05) is 5.32 Å². The molecule has 2 N–H and O–H groups in total. The molecule has 98 valence electrons. The quantitative estimate of drug-likeness (QED) is 0.847. The second-order valence-electron chi connectivity index (χ2n) is 5.16. The number of amides is 1. The molecule has 0 saturated heterocycles. The van der Waals surface area contributed by atoms with E-state index in [4.69, 9.17) is 0 Å². The summed E-state index contributed by atoms with van der Waals surface area (Å²) in [6, 6.07) is 6.21. The van der Waals surface area contributed by atoms with Gasteiger partial charge in [0.05, 0.1) is 5.56 Å². The number of nitrogens with one attached hydrogen (secondary N) is 2. The summed E-state index contributed by atoms with van der Waals surface area (Å²) in [6.45, 7) is 1.94. The van der Waals surface area contributed by atoms with Gasteiger partial charge in [-0.05, 0) is 55.4 Å². The zero-order valence-corrected chi connectivity index (χ0v) is 11.1. The first-order chi connectivity index (χ1) is 9.25. The molecule has 19 heavy (non-hydrogen) atoms. The number of hydrogen-bond acceptors (Lipinski definition) is 1. The van der Waals surface area contributed by atoms with Gasteiger partial charge in [-0.3, -0.25) is 4.79 Å². The molecule has 1 aliphatic carbocycles. The zero-order chi connectivity index (χ0) is 13.2. The van der Waals surface area contributed by atoms with Gasteiger partial charge in [0.15, 0.2) is 0 Å². The van der Waals surface area contributed by atoms with Crippen LogP contribution in [0, 0.1) is 6.92 Å². The lowest BCUT2D eigenvalue weighted by Crippen LogP contribution is -2.15. The molecule has 1 heterocycles. The monoisotopic (exact) mass is 254 g/mol. The van der Waals surface area contributed by atoms with Crippen molar-refractivity contribution in [3.63, 3.8) is 0 Å². The highest BCUT2D eigenvalue weighted by Crippen LogP contribution is 2.28. The summed E-state index contributed by atoms with van der Waals surface area (Å²) in [5.41, 5.74) is 5.36. The number of H-pyrrole nitrogens is 1. The Bertz CT molecular complexity index is 613. The van der Waals surface area contributed by atoms with Gasteiger partial charge in [-0.2, -0.15) is 0 Å². The molecule has 0 aliphatic heterocycles. The standard InChI is InChI=1S/C16H18N2O/c1-11-9-17-10-14(11)16(19)18-15-8-4-6-12-5-2-3-7-13(12)15/h4,6,8-10,17H,2-3,5,7H2,1H3,(H,18,19). The molecule has 1 aliphatic rings. The van der Waals surface area contributed by atoms with Crippen molar-refractivity contribution in [1.29, 1.82) is 0 Å². The number of carbonyl (C=O) groups is 1. The molecular weight excluding hydrogens is 236 g/mol. The van der Waals surface area contributed by atoms with E-state index in [1.54, 1.807) is 6.20 Å². The summed E-state index contributed by atoms with van der Waals surface area (Å²) in [5.74, 6) is -0.0299. The number of rotatable bonds is 2. The molecule has 0 bridgehead atoms. The van der Waals surface area contributed by atoms with E-state index < -0.39 is 0 Å². The first-order valence-electron chi connectivity index (χ1n) is 6.81. The Morgan fingerprint density at radius 3 is 2.84 bits per heavy atom. The van der Waals surface area contributed by atoms with Gasteiger partial charge in [0.2, 0.25) is 0 Å². The molecule has 0 spiro atoms. The van der Waals surface area contributed by atoms with Crippen LogP contribution in [0.15, 0.2) is 30.6 Å². The maximum Gasteiger partial charge on any atom is 0.257 e. The van der Waals surface area contributed by atoms with Gasteiger partial charge in [-0.25, -0.2) is 0 Å². The van der Waals surface area contributed by atoms with E-state index in [0.29, 0.717) is 5.56 Å². The predicted octanol–water partition coefficient (Wildman–Crippen LogP) is 3.45. The molecule has 0 radical (unpaired) electrons. The summed E-state index contributed by atoms with van der Waals surface area (Å²) in [6.07, 6.45) is 8.25. The van der Waals surface area contributed by atoms with Gasteiger partial charge in [-0.15, -0.1) is 0 Å². The number of anilines is 1. The van der Waals surface area contributed by atoms with Crippen molar-refractivity contribution < 1.29 is 4.79 Å². The number of aromatic amines is 1. The van der Waals surface area contributed by atoms with Gasteiger partial charge in [0.1, 0.15) is 0 Å². The van der Waals surface area contributed by atoms with Crippen LogP contribution in [-0.2, 0) is 12.8 Å². The minimum atomic E-state index is -0.0299. The second kappa shape index (κ2) is 4.92. The molecule has 0 unspecified atom stereocenters. The Kier molecular flexibility index (Phi) is 3.11. The van der Waals surface area contributed by atoms with Crippen LogP contribution in [0.3, 0.4) is 0 Å². The molecule has 0 saturated carbocycles. The van der Waals surface area contributed by atoms with Gasteiger partial charge in [0, 0.05) is 18.1 Å². The van der Waals surface area contributed by atoms with Crippen LogP contribution in [-0.4, -0.2) is 10.9 Å². The van der Waals surface area contributed by atoms with E-state index in [1.165, 1.54) is 24.0 Å². The van der Waals surface area contributed by atoms with E-state index in [-0.39, 0.29) is 5.91 Å². The van der Waals surface area contributed by atoms with Crippen LogP contribution < -0.4 is 5.32 Å². The third-order valence-electron chi connectivity index (χ3n) is 3.84. The van der Waals surface area contributed by atoms with Crippen LogP contribution in [0.1, 0.15) is 39.9 Å². The smallest absolute Gasteiger partial charge is 0.257 e. The third-order valence-corrected chi connectivity index (χ3v) is 3.84. The minimum absolute atomic E-state index is 0.0299. The van der Waals surface area contributed by atoms with Gasteiger partial charge in [0.25, 0.3) is 5.91 Å². The van der Waals surface area contributed by atoms with E-state index in [2.05, 4.69) is 16.4 Å². The van der Waals surface area contributed by atoms with E-state index in [9.17, 15) is 4.79 Å². The largest absolute Gasteiger partial charge is 0.367 e. The third kappa shape index (κ3) is 2.28. The Morgan fingerprint density at radius 2 is 2.05 bits per heavy atom. The van der Waals surface area contributed by atoms with Crippen LogP contribution in [0.25, 0.3) is 0 Å². The molecular formula is C16H18N2O. The lowest BCUT2D eigenvalue weighted by atomic mass is 9.90. The van der Waals surface area contributed by atoms with Crippen LogP contribution in [0.2, 0.25) is 0 Å². The topological polar surface area (TPSA) is 44.9 Å². The fourth-order valence-corrected chi connectivity index (χ4v) is 2.77. The number of carbonyl (C=O) groups excluding carboxylic acids is 1. The highest BCUT2D eigenvalue weighted by atomic mass is 16.1. The number of aryl methyl sites for hydroxylation is 2. The summed E-state index contributed by atoms with van der Waals surface area (Å²) >= 11 is 0. The van der Waals surface area contributed by atoms with Crippen molar-refractivity contribution in [1.82, 2.24) is 4.98 Å². The average molecular weight is 254 g/mol. The summed E-state index contributed by atoms with van der Waals surface area (Å²) in [5, 5.41) is 3.05. The van der Waals surface area contributed by atoms with E-state index in [1.807, 2.05) is 25.3 Å². The fourth-order valence-electron chi connectivity index (χ4n) is 2.77. The molecule has 3 rings (SSSR count). The van der Waals surface area contributed by atoms with E-state index in [0.717, 1.165) is 24.1 Å². The lowest BCUT2D eigenvalue weighted by molar-refractivity contribution is 0.102. The second-order valence-corrected chi connectivity index (χ2v) is 5.16. The molecule has 3 nitrogen and oxygen atoms in total. The Balaban J connectivity index is 1.88. The number of fused-ring (bicyclic) bond motifs is 1. The number of benzene rings is 1. The fraction of sp³-hybridized carbons (Fsp3) is 0.312. The van der Waals surface area contributed by atoms with Gasteiger partial charge in [-0.1, -0.05) is 12.1 Å². The summed E-state index contributed by atoms with van der Waals surface area (Å²) in [7, 11) is 0. The molecule has 0 atom stereocenters. The highest BCUT2D eigenvalue weighted by Gasteiger charge is 2.16. The normalized spacial score (nSPS) is 13.9. The molecule has 1 aromatic carbocycles. The molecule has 1 aromatic heterocycles. The molecule has 0 fully saturated rings. The summed E-state index contributed by atoms with van der Waals surface area (Å²) in [4.78, 5) is 15.2. The van der Waals surface area contributed by atoms with Crippen molar-refractivity contribution in [3.05, 3.63) is 52.8 Å². The van der Waals surface area contributed by atoms with Crippen LogP contribution in [0.4, 0.5) is 5.69 Å². The summed E-state index contributed by atoms with van der Waals surface area (Å²) < 4.78 is 0. The minimum Gasteiger partial charge on any atom is -0.367 e. The molecule has 1 amide bonds. The first kappa shape index (κ1) is 12.0. The zero-order valence-electron chi connectivity index (χ0n) is 11.1. The first-order valence-corrected chi connectivity index (χ1v) is 6.81. The molecule has 3 heteroatoms. The highest BCUT2D eigenvalue weighted by molar-refractivity contribution is 6.05. The number of hydrogen-bond donors (Lipinski definition) is 2. The Hall–Kier alpha value is -2.03. The Labute approximate surface area is 113 Å². The van der Waals surface area contributed by atoms with Crippen molar-refractivity contribution >= 4 is 11.6 Å². The Morgan fingerprint density at radius 1 is 1.21 bits per heavy atom. The lowest BCUT2D eigenvalue weighted by Gasteiger charge is -2.19. The predicted molar refractivity (Wildman–Crippen MR) is 76.6 cm³/mol. The maximum atomic E-state index is 12.3. The molecule has 2 aromatic rings. The maximum absolute atomic E-state index is 12.3. The SMILES string of the molecule is Cc1c[nH]cc1C(=O)Nc1cccc2c1CCCC2. The van der Waals surface area contributed by atoms with Gasteiger partial charge >= 0.3 is 0 Å². The van der Waals surface area contributed by atoms with Gasteiger partial charge < -0.3 is 10.3 Å². The van der Waals surface area contributed by atoms with E-state index >= 15 is 0 Å².